The topological polar surface area (TPSA) is 191 Å². The molecule has 0 bridgehead atoms. The molecule has 3 atom stereocenters. The maximum absolute atomic E-state index is 10.5. The zero-order chi connectivity index (χ0) is 14.6. The lowest BCUT2D eigenvalue weighted by molar-refractivity contribution is -0.127. The summed E-state index contributed by atoms with van der Waals surface area (Å²) in [4.78, 5) is 43.9. The zero-order valence-corrected chi connectivity index (χ0v) is 10.4. The maximum atomic E-state index is 10.5. The van der Waals surface area contributed by atoms with Crippen molar-refractivity contribution in [3.63, 3.8) is 0 Å². The molecule has 0 amide bonds. The van der Waals surface area contributed by atoms with Crippen LogP contribution in [0.5, 0.6) is 0 Å². The molecule has 6 N–H and O–H groups in total. The Morgan fingerprint density at radius 3 is 1.89 bits per heavy atom. The number of aliphatic hydroxyl groups is 2. The monoisotopic (exact) mass is 310 g/mol. The van der Waals surface area contributed by atoms with E-state index in [2.05, 4.69) is 9.05 Å². The van der Waals surface area contributed by atoms with E-state index in [1.807, 2.05) is 0 Å². The Bertz CT molecular complexity index is 356. The van der Waals surface area contributed by atoms with Crippen molar-refractivity contribution in [2.75, 3.05) is 6.61 Å². The van der Waals surface area contributed by atoms with Crippen LogP contribution in [0.15, 0.2) is 0 Å². The largest absolute Gasteiger partial charge is 0.470 e. The molecule has 0 aromatic rings. The van der Waals surface area contributed by atoms with Gasteiger partial charge in [0.25, 0.3) is 0 Å². The molecule has 0 aromatic carbocycles. The Hall–Kier alpha value is -0.190. The van der Waals surface area contributed by atoms with Crippen LogP contribution >= 0.6 is 15.6 Å². The van der Waals surface area contributed by atoms with E-state index in [1.54, 1.807) is 0 Å². The first kappa shape index (κ1) is 17.8. The molecule has 0 aliphatic heterocycles. The van der Waals surface area contributed by atoms with Crippen LogP contribution in [-0.4, -0.2) is 61.0 Å². The average Bonchev–Trinajstić information content (AvgIpc) is 2.19. The second-order valence-electron chi connectivity index (χ2n) is 3.04. The van der Waals surface area contributed by atoms with Crippen molar-refractivity contribution in [3.8, 4) is 0 Å². The lowest BCUT2D eigenvalue weighted by atomic mass is 10.1. The van der Waals surface area contributed by atoms with Gasteiger partial charge in [0.15, 0.2) is 6.29 Å². The van der Waals surface area contributed by atoms with Gasteiger partial charge in [0.05, 0.1) is 6.61 Å². The second kappa shape index (κ2) is 6.83. The molecule has 0 radical (unpaired) electrons. The number of rotatable bonds is 8. The molecule has 0 fully saturated rings. The maximum Gasteiger partial charge on any atom is 0.470 e. The standard InChI is InChI=1S/C5H12O11P2/c6-1-3(7)5(8)4(16-18(12,13)14)2-15-17(9,10)11/h1,3-5,7-8H,2H2,(H2,9,10,11)(H2,12,13,14)/t3-,4+,5-/m1/s1. The summed E-state index contributed by atoms with van der Waals surface area (Å²) < 4.78 is 28.7. The summed E-state index contributed by atoms with van der Waals surface area (Å²) in [7, 11) is -10.1. The summed E-state index contributed by atoms with van der Waals surface area (Å²) in [5, 5.41) is 18.2. The third-order valence-corrected chi connectivity index (χ3v) is 2.58. The number of hydrogen-bond acceptors (Lipinski definition) is 7. The lowest BCUT2D eigenvalue weighted by Gasteiger charge is -2.24. The number of aliphatic hydroxyl groups excluding tert-OH is 2. The molecule has 0 heterocycles. The average molecular weight is 310 g/mol. The van der Waals surface area contributed by atoms with Crippen molar-refractivity contribution >= 4 is 21.9 Å². The highest BCUT2D eigenvalue weighted by atomic mass is 31.2. The molecule has 11 nitrogen and oxygen atoms in total. The number of phosphoric ester groups is 2. The molecule has 0 saturated carbocycles. The van der Waals surface area contributed by atoms with E-state index in [-0.39, 0.29) is 6.29 Å². The van der Waals surface area contributed by atoms with Gasteiger partial charge in [-0.15, -0.1) is 0 Å². The van der Waals surface area contributed by atoms with E-state index in [9.17, 15) is 19.0 Å². The van der Waals surface area contributed by atoms with Gasteiger partial charge in [-0.3, -0.25) is 9.05 Å². The molecule has 0 saturated heterocycles. The van der Waals surface area contributed by atoms with Gasteiger partial charge in [-0.2, -0.15) is 0 Å². The molecule has 0 aromatic heterocycles. The van der Waals surface area contributed by atoms with E-state index >= 15 is 0 Å². The van der Waals surface area contributed by atoms with Crippen LogP contribution in [-0.2, 0) is 23.0 Å². The van der Waals surface area contributed by atoms with Gasteiger partial charge in [0, 0.05) is 0 Å². The fraction of sp³-hybridized carbons (Fsp3) is 0.800. The van der Waals surface area contributed by atoms with Crippen LogP contribution in [0.3, 0.4) is 0 Å². The predicted octanol–water partition coefficient (Wildman–Crippen LogP) is -2.51. The van der Waals surface area contributed by atoms with Crippen molar-refractivity contribution in [2.24, 2.45) is 0 Å². The minimum absolute atomic E-state index is 0.155. The Morgan fingerprint density at radius 1 is 1.06 bits per heavy atom. The molecular weight excluding hydrogens is 298 g/mol. The quantitative estimate of drug-likeness (QED) is 0.205. The Labute approximate surface area is 100 Å². The highest BCUT2D eigenvalue weighted by Gasteiger charge is 2.34. The van der Waals surface area contributed by atoms with Gasteiger partial charge in [0.1, 0.15) is 18.3 Å². The smallest absolute Gasteiger partial charge is 0.387 e. The summed E-state index contributed by atoms with van der Waals surface area (Å²) in [6.07, 6.45) is -6.37. The van der Waals surface area contributed by atoms with Crippen molar-refractivity contribution in [2.45, 2.75) is 18.3 Å². The van der Waals surface area contributed by atoms with E-state index in [1.165, 1.54) is 0 Å². The SMILES string of the molecule is O=C[C@@H](O)[C@@H](O)[C@H](COP(=O)(O)O)OP(=O)(O)O. The number of carbonyl (C=O) groups excluding carboxylic acids is 1. The Kier molecular flexibility index (Phi) is 6.75. The summed E-state index contributed by atoms with van der Waals surface area (Å²) in [6, 6.07) is 0. The highest BCUT2D eigenvalue weighted by molar-refractivity contribution is 7.46. The molecule has 0 aliphatic rings. The number of phosphoric acid groups is 2. The lowest BCUT2D eigenvalue weighted by Crippen LogP contribution is -2.42. The van der Waals surface area contributed by atoms with Gasteiger partial charge >= 0.3 is 15.6 Å². The molecule has 18 heavy (non-hydrogen) atoms. The van der Waals surface area contributed by atoms with E-state index in [4.69, 9.17) is 24.7 Å². The van der Waals surface area contributed by atoms with Crippen molar-refractivity contribution in [1.29, 1.82) is 0 Å². The predicted molar refractivity (Wildman–Crippen MR) is 53.0 cm³/mol. The van der Waals surface area contributed by atoms with Crippen molar-refractivity contribution in [1.82, 2.24) is 0 Å². The van der Waals surface area contributed by atoms with Crippen LogP contribution < -0.4 is 0 Å². The normalized spacial score (nSPS) is 18.1. The fourth-order valence-corrected chi connectivity index (χ4v) is 1.72. The van der Waals surface area contributed by atoms with E-state index in [0.29, 0.717) is 0 Å². The Morgan fingerprint density at radius 2 is 1.56 bits per heavy atom. The van der Waals surface area contributed by atoms with Crippen molar-refractivity contribution in [3.05, 3.63) is 0 Å². The number of carbonyl (C=O) groups is 1. The minimum Gasteiger partial charge on any atom is -0.387 e. The molecule has 0 rings (SSSR count). The molecule has 108 valence electrons. The second-order valence-corrected chi connectivity index (χ2v) is 5.47. The van der Waals surface area contributed by atoms with Gasteiger partial charge < -0.3 is 34.6 Å². The third-order valence-electron chi connectivity index (χ3n) is 1.55. The molecule has 0 spiro atoms. The zero-order valence-electron chi connectivity index (χ0n) is 8.64. The van der Waals surface area contributed by atoms with Crippen LogP contribution in [0.2, 0.25) is 0 Å². The van der Waals surface area contributed by atoms with Gasteiger partial charge in [-0.1, -0.05) is 0 Å². The molecule has 0 unspecified atom stereocenters. The number of aldehydes is 1. The van der Waals surface area contributed by atoms with E-state index < -0.39 is 40.6 Å². The minimum atomic E-state index is -5.13. The summed E-state index contributed by atoms with van der Waals surface area (Å²) in [5.74, 6) is 0. The van der Waals surface area contributed by atoms with Crippen LogP contribution in [0.1, 0.15) is 0 Å². The summed E-state index contributed by atoms with van der Waals surface area (Å²) in [5.41, 5.74) is 0. The van der Waals surface area contributed by atoms with Crippen LogP contribution in [0.25, 0.3) is 0 Å². The molecule has 0 aliphatic carbocycles. The molecular formula is C5H12O11P2. The van der Waals surface area contributed by atoms with Crippen molar-refractivity contribution < 1.29 is 52.8 Å². The molecule has 13 heteroatoms. The Balaban J connectivity index is 4.77. The summed E-state index contributed by atoms with van der Waals surface area (Å²) in [6.45, 7) is -1.15. The summed E-state index contributed by atoms with van der Waals surface area (Å²) >= 11 is 0. The van der Waals surface area contributed by atoms with Crippen LogP contribution in [0, 0.1) is 0 Å². The van der Waals surface area contributed by atoms with E-state index in [0.717, 1.165) is 0 Å². The van der Waals surface area contributed by atoms with Gasteiger partial charge in [-0.25, -0.2) is 9.13 Å². The first-order valence-corrected chi connectivity index (χ1v) is 7.28. The third kappa shape index (κ3) is 8.01. The fourth-order valence-electron chi connectivity index (χ4n) is 0.839. The van der Waals surface area contributed by atoms with Gasteiger partial charge in [-0.05, 0) is 0 Å². The first-order chi connectivity index (χ1) is 7.96. The van der Waals surface area contributed by atoms with Gasteiger partial charge in [0.2, 0.25) is 0 Å². The first-order valence-electron chi connectivity index (χ1n) is 4.22. The van der Waals surface area contributed by atoms with Crippen LogP contribution in [0.4, 0.5) is 0 Å². The highest BCUT2D eigenvalue weighted by Crippen LogP contribution is 2.41. The number of hydrogen-bond donors (Lipinski definition) is 6.